The molecule has 6 aromatic heterocycles. The predicted molar refractivity (Wildman–Crippen MR) is 294 cm³/mol. The molecule has 2 fully saturated rings. The van der Waals surface area contributed by atoms with Gasteiger partial charge in [0.25, 0.3) is 0 Å². The van der Waals surface area contributed by atoms with E-state index in [1.165, 1.54) is 59.5 Å². The summed E-state index contributed by atoms with van der Waals surface area (Å²) in [4.78, 5) is 41.8. The second-order valence-corrected chi connectivity index (χ2v) is 19.8. The molecule has 2 unspecified atom stereocenters. The van der Waals surface area contributed by atoms with E-state index in [1.54, 1.807) is 31.8 Å². The van der Waals surface area contributed by atoms with Gasteiger partial charge in [0.1, 0.15) is 0 Å². The van der Waals surface area contributed by atoms with Crippen molar-refractivity contribution in [2.75, 3.05) is 37.3 Å². The summed E-state index contributed by atoms with van der Waals surface area (Å²) < 4.78 is 4.31. The third kappa shape index (κ3) is 10.4. The number of aryl methyl sites for hydroxylation is 2. The molecule has 1 amide bonds. The standard InChI is InChI=1S/C31H33N7O.C29H29N5/c1-32-29(39)20-38-14-8-22(9-15-38)30(24-4-3-10-33-19-24)36-25-17-26(31-27(18-25)34-11-12-35-31)23-6-5-21-7-13-37(2)28(21)16-23;1-34-15-11-20-9-10-22(16-27(20)34)25-17-24(18-26-29(25)32-14-13-31-26)33-28(21-6-3-2-4-7-21)23-8-5-12-30-19-23/h3-7,10-13,16-19,22,30,36H,8-9,14-15,20H2,1-2H3,(H,32,39);5,8-19,21,28,33H,2-4,6-7H2,1H3. The quantitative estimate of drug-likeness (QED) is 0.108. The molecule has 1 aliphatic carbocycles. The zero-order valence-corrected chi connectivity index (χ0v) is 41.8. The van der Waals surface area contributed by atoms with E-state index >= 15 is 0 Å². The second-order valence-electron chi connectivity index (χ2n) is 19.8. The number of benzene rings is 4. The SMILES string of the molecule is CNC(=O)CN1CCC(C(Nc2cc(-c3ccc4ccn(C)c4c3)c3nccnc3c2)c2cccnc2)CC1.Cn1ccc2ccc(-c3cc(NC(c4cccnc4)C4CCCCC4)cc4nccnc34)cc21. The van der Waals surface area contributed by atoms with Crippen molar-refractivity contribution in [3.8, 4) is 22.3 Å². The predicted octanol–water partition coefficient (Wildman–Crippen LogP) is 11.7. The van der Waals surface area contributed by atoms with Crippen LogP contribution in [0.3, 0.4) is 0 Å². The number of likely N-dealkylation sites (tertiary alicyclic amines) is 1. The molecule has 7 heterocycles. The molecule has 12 rings (SSSR count). The maximum atomic E-state index is 11.9. The van der Waals surface area contributed by atoms with Gasteiger partial charge < -0.3 is 25.1 Å². The van der Waals surface area contributed by atoms with Crippen molar-refractivity contribution in [2.45, 2.75) is 57.0 Å². The van der Waals surface area contributed by atoms with Gasteiger partial charge in [-0.05, 0) is 144 Å². The molecule has 13 nitrogen and oxygen atoms in total. The van der Waals surface area contributed by atoms with Crippen LogP contribution in [0, 0.1) is 11.8 Å². The lowest BCUT2D eigenvalue weighted by atomic mass is 9.81. The Balaban J connectivity index is 0.000000159. The topological polar surface area (TPSA) is 144 Å². The lowest BCUT2D eigenvalue weighted by Crippen LogP contribution is -2.42. The fourth-order valence-corrected chi connectivity index (χ4v) is 11.2. The highest BCUT2D eigenvalue weighted by molar-refractivity contribution is 5.98. The average Bonchev–Trinajstić information content (AvgIpc) is 4.02. The van der Waals surface area contributed by atoms with Gasteiger partial charge in [0.05, 0.1) is 40.7 Å². The molecular formula is C60H62N12O. The van der Waals surface area contributed by atoms with E-state index < -0.39 is 0 Å². The molecular weight excluding hydrogens is 905 g/mol. The Hall–Kier alpha value is -8.03. The van der Waals surface area contributed by atoms with Gasteiger partial charge in [0.15, 0.2) is 0 Å². The first-order valence-corrected chi connectivity index (χ1v) is 25.7. The van der Waals surface area contributed by atoms with E-state index in [2.05, 4.69) is 161 Å². The fourth-order valence-electron chi connectivity index (χ4n) is 11.2. The number of aromatic nitrogens is 8. The second kappa shape index (κ2) is 21.4. The normalized spacial score (nSPS) is 15.5. The van der Waals surface area contributed by atoms with Crippen LogP contribution >= 0.6 is 0 Å². The zero-order chi connectivity index (χ0) is 49.7. The summed E-state index contributed by atoms with van der Waals surface area (Å²) >= 11 is 0. The van der Waals surface area contributed by atoms with E-state index in [-0.39, 0.29) is 18.0 Å². The summed E-state index contributed by atoms with van der Waals surface area (Å²) in [5.74, 6) is 1.06. The summed E-state index contributed by atoms with van der Waals surface area (Å²) in [6, 6.07) is 34.8. The molecule has 368 valence electrons. The molecule has 2 atom stereocenters. The molecule has 1 saturated carbocycles. The zero-order valence-electron chi connectivity index (χ0n) is 41.8. The number of nitrogens with one attached hydrogen (secondary N) is 3. The molecule has 3 N–H and O–H groups in total. The average molecular weight is 967 g/mol. The third-order valence-electron chi connectivity index (χ3n) is 15.1. The van der Waals surface area contributed by atoms with E-state index in [0.717, 1.165) is 87.2 Å². The summed E-state index contributed by atoms with van der Waals surface area (Å²) in [6.07, 6.45) is 27.3. The van der Waals surface area contributed by atoms with Gasteiger partial charge in [-0.25, -0.2) is 0 Å². The van der Waals surface area contributed by atoms with Gasteiger partial charge in [-0.2, -0.15) is 0 Å². The fraction of sp³-hybridized carbons (Fsp3) is 0.283. The number of hydrogen-bond donors (Lipinski definition) is 3. The lowest BCUT2D eigenvalue weighted by molar-refractivity contribution is -0.122. The molecule has 1 aliphatic heterocycles. The number of pyridine rings is 2. The van der Waals surface area contributed by atoms with Crippen LogP contribution < -0.4 is 16.0 Å². The van der Waals surface area contributed by atoms with Crippen molar-refractivity contribution < 1.29 is 4.79 Å². The highest BCUT2D eigenvalue weighted by atomic mass is 16.1. The van der Waals surface area contributed by atoms with Crippen LogP contribution in [0.4, 0.5) is 11.4 Å². The number of anilines is 2. The number of amides is 1. The molecule has 0 spiro atoms. The Morgan fingerprint density at radius 3 is 1.55 bits per heavy atom. The van der Waals surface area contributed by atoms with Gasteiger partial charge in [-0.3, -0.25) is 39.6 Å². The number of hydrogen-bond acceptors (Lipinski definition) is 10. The van der Waals surface area contributed by atoms with Gasteiger partial charge >= 0.3 is 0 Å². The smallest absolute Gasteiger partial charge is 0.233 e. The molecule has 2 aliphatic rings. The Kier molecular flexibility index (Phi) is 13.8. The summed E-state index contributed by atoms with van der Waals surface area (Å²) in [5, 5.41) is 13.0. The Bertz CT molecular complexity index is 3510. The van der Waals surface area contributed by atoms with Crippen LogP contribution in [0.5, 0.6) is 0 Å². The van der Waals surface area contributed by atoms with Gasteiger partial charge in [-0.1, -0.05) is 55.7 Å². The minimum absolute atomic E-state index is 0.0636. The van der Waals surface area contributed by atoms with Crippen molar-refractivity contribution in [1.82, 2.24) is 49.3 Å². The van der Waals surface area contributed by atoms with Crippen LogP contribution in [0.15, 0.2) is 159 Å². The van der Waals surface area contributed by atoms with E-state index in [9.17, 15) is 4.79 Å². The van der Waals surface area contributed by atoms with Crippen molar-refractivity contribution in [3.63, 3.8) is 0 Å². The maximum absolute atomic E-state index is 11.9. The number of carbonyl (C=O) groups excluding carboxylic acids is 1. The van der Waals surface area contributed by atoms with Crippen molar-refractivity contribution >= 4 is 61.2 Å². The summed E-state index contributed by atoms with van der Waals surface area (Å²) in [5.41, 5.74) is 14.9. The maximum Gasteiger partial charge on any atom is 0.233 e. The van der Waals surface area contributed by atoms with Crippen molar-refractivity contribution in [1.29, 1.82) is 0 Å². The molecule has 10 aromatic rings. The molecule has 0 bridgehead atoms. The van der Waals surface area contributed by atoms with Crippen LogP contribution in [-0.4, -0.2) is 76.5 Å². The first-order chi connectivity index (χ1) is 35.8. The molecule has 0 radical (unpaired) electrons. The number of nitrogens with zero attached hydrogens (tertiary/aromatic N) is 9. The summed E-state index contributed by atoms with van der Waals surface area (Å²) in [7, 11) is 5.85. The van der Waals surface area contributed by atoms with E-state index in [1.807, 2.05) is 36.9 Å². The minimum atomic E-state index is 0.0636. The number of piperidine rings is 1. The van der Waals surface area contributed by atoms with Crippen molar-refractivity contribution in [3.05, 3.63) is 170 Å². The number of fused-ring (bicyclic) bond motifs is 4. The van der Waals surface area contributed by atoms with Crippen LogP contribution in [0.1, 0.15) is 68.2 Å². The largest absolute Gasteiger partial charge is 0.378 e. The number of carbonyl (C=O) groups is 1. The van der Waals surface area contributed by atoms with E-state index in [0.29, 0.717) is 18.4 Å². The molecule has 1 saturated heterocycles. The first-order valence-electron chi connectivity index (χ1n) is 25.7. The van der Waals surface area contributed by atoms with E-state index in [4.69, 9.17) is 9.97 Å². The van der Waals surface area contributed by atoms with Gasteiger partial charge in [0.2, 0.25) is 5.91 Å². The van der Waals surface area contributed by atoms with Gasteiger partial charge in [0, 0.05) is 117 Å². The highest BCUT2D eigenvalue weighted by Crippen LogP contribution is 2.40. The third-order valence-corrected chi connectivity index (χ3v) is 15.1. The molecule has 73 heavy (non-hydrogen) atoms. The first kappa shape index (κ1) is 47.3. The summed E-state index contributed by atoms with van der Waals surface area (Å²) in [6.45, 7) is 2.23. The van der Waals surface area contributed by atoms with Crippen LogP contribution in [0.2, 0.25) is 0 Å². The molecule has 4 aromatic carbocycles. The van der Waals surface area contributed by atoms with Crippen LogP contribution in [-0.2, 0) is 18.9 Å². The Morgan fingerprint density at radius 2 is 1.07 bits per heavy atom. The van der Waals surface area contributed by atoms with Crippen LogP contribution in [0.25, 0.3) is 66.1 Å². The lowest BCUT2D eigenvalue weighted by Gasteiger charge is -2.36. The Morgan fingerprint density at radius 1 is 0.575 bits per heavy atom. The highest BCUT2D eigenvalue weighted by Gasteiger charge is 2.30. The molecule has 13 heteroatoms. The van der Waals surface area contributed by atoms with Crippen molar-refractivity contribution in [2.24, 2.45) is 25.9 Å². The monoisotopic (exact) mass is 967 g/mol. The van der Waals surface area contributed by atoms with Gasteiger partial charge in [-0.15, -0.1) is 0 Å². The Labute approximate surface area is 426 Å². The minimum Gasteiger partial charge on any atom is -0.378 e. The number of likely N-dealkylation sites (N-methyl/N-ethyl adjacent to an activating group) is 1. The number of rotatable bonds is 12.